The van der Waals surface area contributed by atoms with E-state index in [0.717, 1.165) is 0 Å². The summed E-state index contributed by atoms with van der Waals surface area (Å²) in [5, 5.41) is 0. The van der Waals surface area contributed by atoms with Gasteiger partial charge in [0.05, 0.1) is 0 Å². The Labute approximate surface area is 210 Å². The predicted molar refractivity (Wildman–Crippen MR) is 150 cm³/mol. The Morgan fingerprint density at radius 2 is 0.727 bits per heavy atom. The van der Waals surface area contributed by atoms with E-state index in [0.29, 0.717) is 6.17 Å². The molecule has 1 aliphatic rings. The van der Waals surface area contributed by atoms with E-state index in [1.54, 1.807) is 0 Å². The first-order valence-electron chi connectivity index (χ1n) is 15.5. The molecule has 1 aliphatic heterocycles. The van der Waals surface area contributed by atoms with Gasteiger partial charge in [-0.25, -0.2) is 0 Å². The summed E-state index contributed by atoms with van der Waals surface area (Å²) in [7, 11) is 0. The van der Waals surface area contributed by atoms with Gasteiger partial charge in [-0.2, -0.15) is 0 Å². The van der Waals surface area contributed by atoms with Crippen LogP contribution in [0.25, 0.3) is 0 Å². The average Bonchev–Trinajstić information content (AvgIpc) is 3.21. The van der Waals surface area contributed by atoms with Gasteiger partial charge in [0.2, 0.25) is 0 Å². The Balaban J connectivity index is 1.99. The summed E-state index contributed by atoms with van der Waals surface area (Å²) < 4.78 is 0. The van der Waals surface area contributed by atoms with Crippen molar-refractivity contribution in [2.75, 3.05) is 13.1 Å². The largest absolute Gasteiger partial charge is 0.356 e. The monoisotopic (exact) mass is 462 g/mol. The molecule has 0 amide bonds. The van der Waals surface area contributed by atoms with Crippen LogP contribution in [0.5, 0.6) is 0 Å². The minimum Gasteiger partial charge on any atom is -0.356 e. The molecule has 0 saturated carbocycles. The van der Waals surface area contributed by atoms with Crippen LogP contribution in [0.1, 0.15) is 168 Å². The topological polar surface area (TPSA) is 6.48 Å². The molecule has 0 N–H and O–H groups in total. The van der Waals surface area contributed by atoms with Crippen molar-refractivity contribution >= 4 is 0 Å². The van der Waals surface area contributed by atoms with E-state index in [1.165, 1.54) is 161 Å². The molecular weight excluding hydrogens is 400 g/mol. The van der Waals surface area contributed by atoms with E-state index in [4.69, 9.17) is 0 Å². The minimum absolute atomic E-state index is 0.643. The summed E-state index contributed by atoms with van der Waals surface area (Å²) in [4.78, 5) is 5.28. The third-order valence-electron chi connectivity index (χ3n) is 7.57. The van der Waals surface area contributed by atoms with E-state index in [2.05, 4.69) is 43.0 Å². The lowest BCUT2D eigenvalue weighted by atomic mass is 10.0. The highest BCUT2D eigenvalue weighted by Crippen LogP contribution is 2.23. The van der Waals surface area contributed by atoms with E-state index >= 15 is 0 Å². The van der Waals surface area contributed by atoms with Gasteiger partial charge in [-0.15, -0.1) is 0 Å². The van der Waals surface area contributed by atoms with Crippen LogP contribution in [0.2, 0.25) is 0 Å². The quantitative estimate of drug-likeness (QED) is 0.124. The SMILES string of the molecule is CCCCCCCCCCCCCCCCCCC1N(CCCC)C=CN1CCCCCC. The van der Waals surface area contributed by atoms with Gasteiger partial charge in [0.25, 0.3) is 0 Å². The maximum absolute atomic E-state index is 2.65. The first-order valence-corrected chi connectivity index (χ1v) is 15.5. The molecule has 0 spiro atoms. The fourth-order valence-electron chi connectivity index (χ4n) is 5.28. The zero-order chi connectivity index (χ0) is 23.8. The number of nitrogens with zero attached hydrogens (tertiary/aromatic N) is 2. The molecule has 0 bridgehead atoms. The zero-order valence-corrected chi connectivity index (χ0v) is 23.3. The molecule has 1 heterocycles. The molecule has 2 nitrogen and oxygen atoms in total. The summed E-state index contributed by atoms with van der Waals surface area (Å²) in [5.41, 5.74) is 0. The summed E-state index contributed by atoms with van der Waals surface area (Å²) in [6, 6.07) is 0. The maximum Gasteiger partial charge on any atom is 0.101 e. The summed E-state index contributed by atoms with van der Waals surface area (Å²) in [6.07, 6.45) is 38.1. The predicted octanol–water partition coefficient (Wildman–Crippen LogP) is 10.4. The van der Waals surface area contributed by atoms with Gasteiger partial charge in [0, 0.05) is 25.5 Å². The van der Waals surface area contributed by atoms with Gasteiger partial charge >= 0.3 is 0 Å². The van der Waals surface area contributed by atoms with Gasteiger partial charge in [0.15, 0.2) is 0 Å². The molecule has 0 aromatic carbocycles. The minimum atomic E-state index is 0.643. The van der Waals surface area contributed by atoms with Gasteiger partial charge in [-0.05, 0) is 25.7 Å². The van der Waals surface area contributed by atoms with Crippen molar-refractivity contribution in [2.24, 2.45) is 0 Å². The van der Waals surface area contributed by atoms with Crippen molar-refractivity contribution in [3.05, 3.63) is 12.4 Å². The van der Waals surface area contributed by atoms with Crippen LogP contribution in [0, 0.1) is 0 Å². The van der Waals surface area contributed by atoms with Gasteiger partial charge in [-0.1, -0.05) is 143 Å². The average molecular weight is 463 g/mol. The highest BCUT2D eigenvalue weighted by atomic mass is 15.4. The Morgan fingerprint density at radius 1 is 0.394 bits per heavy atom. The van der Waals surface area contributed by atoms with Crippen LogP contribution in [0.4, 0.5) is 0 Å². The second-order valence-corrected chi connectivity index (χ2v) is 10.8. The van der Waals surface area contributed by atoms with Crippen molar-refractivity contribution in [1.82, 2.24) is 9.80 Å². The highest BCUT2D eigenvalue weighted by molar-refractivity contribution is 4.96. The lowest BCUT2D eigenvalue weighted by Crippen LogP contribution is -2.39. The van der Waals surface area contributed by atoms with Crippen LogP contribution in [-0.4, -0.2) is 29.1 Å². The molecule has 1 rings (SSSR count). The third kappa shape index (κ3) is 16.6. The normalized spacial score (nSPS) is 15.8. The first kappa shape index (κ1) is 30.4. The van der Waals surface area contributed by atoms with Crippen LogP contribution >= 0.6 is 0 Å². The Bertz CT molecular complexity index is 419. The fraction of sp³-hybridized carbons (Fsp3) is 0.935. The van der Waals surface area contributed by atoms with E-state index in [1.807, 2.05) is 0 Å². The standard InChI is InChI=1S/C31H62N2/c1-4-7-10-12-13-14-15-16-17-18-19-20-21-22-23-24-26-31-32(27-9-6-3)29-30-33(31)28-25-11-8-5-2/h29-31H,4-28H2,1-3H3. The van der Waals surface area contributed by atoms with Crippen molar-refractivity contribution < 1.29 is 0 Å². The summed E-state index contributed by atoms with van der Waals surface area (Å²) >= 11 is 0. The maximum atomic E-state index is 2.65. The van der Waals surface area contributed by atoms with Crippen molar-refractivity contribution in [2.45, 2.75) is 175 Å². The molecule has 2 heteroatoms. The van der Waals surface area contributed by atoms with Crippen molar-refractivity contribution in [3.8, 4) is 0 Å². The summed E-state index contributed by atoms with van der Waals surface area (Å²) in [6.45, 7) is 9.42. The van der Waals surface area contributed by atoms with Gasteiger partial charge in [-0.3, -0.25) is 0 Å². The molecule has 0 aromatic rings. The van der Waals surface area contributed by atoms with E-state index in [9.17, 15) is 0 Å². The Morgan fingerprint density at radius 3 is 1.15 bits per heavy atom. The van der Waals surface area contributed by atoms with Crippen LogP contribution in [-0.2, 0) is 0 Å². The first-order chi connectivity index (χ1) is 16.3. The molecule has 0 aromatic heterocycles. The molecular formula is C31H62N2. The zero-order valence-electron chi connectivity index (χ0n) is 23.3. The number of hydrogen-bond acceptors (Lipinski definition) is 2. The lowest BCUT2D eigenvalue weighted by Gasteiger charge is -2.33. The third-order valence-corrected chi connectivity index (χ3v) is 7.57. The molecule has 33 heavy (non-hydrogen) atoms. The second kappa shape index (κ2) is 23.1. The number of rotatable bonds is 25. The number of hydrogen-bond donors (Lipinski definition) is 0. The Kier molecular flexibility index (Phi) is 21.3. The van der Waals surface area contributed by atoms with Gasteiger partial charge in [0.1, 0.15) is 6.17 Å². The molecule has 1 unspecified atom stereocenters. The smallest absolute Gasteiger partial charge is 0.101 e. The summed E-state index contributed by atoms with van der Waals surface area (Å²) in [5.74, 6) is 0. The van der Waals surface area contributed by atoms with E-state index in [-0.39, 0.29) is 0 Å². The van der Waals surface area contributed by atoms with Crippen LogP contribution in [0.3, 0.4) is 0 Å². The molecule has 0 radical (unpaired) electrons. The lowest BCUT2D eigenvalue weighted by molar-refractivity contribution is 0.136. The molecule has 0 aliphatic carbocycles. The number of unbranched alkanes of at least 4 members (excludes halogenated alkanes) is 19. The van der Waals surface area contributed by atoms with Crippen molar-refractivity contribution in [3.63, 3.8) is 0 Å². The van der Waals surface area contributed by atoms with Gasteiger partial charge < -0.3 is 9.80 Å². The molecule has 0 saturated heterocycles. The highest BCUT2D eigenvalue weighted by Gasteiger charge is 2.24. The second-order valence-electron chi connectivity index (χ2n) is 10.8. The fourth-order valence-corrected chi connectivity index (χ4v) is 5.28. The van der Waals surface area contributed by atoms with E-state index < -0.39 is 0 Å². The van der Waals surface area contributed by atoms with Crippen LogP contribution in [0.15, 0.2) is 12.4 Å². The Hall–Kier alpha value is -0.660. The molecule has 1 atom stereocenters. The van der Waals surface area contributed by atoms with Crippen LogP contribution < -0.4 is 0 Å². The molecule has 0 fully saturated rings. The van der Waals surface area contributed by atoms with Crippen molar-refractivity contribution in [1.29, 1.82) is 0 Å². The molecule has 196 valence electrons.